The van der Waals surface area contributed by atoms with Gasteiger partial charge in [0.1, 0.15) is 0 Å². The lowest BCUT2D eigenvalue weighted by molar-refractivity contribution is -0.143. The number of carboxylic acid groups (broad SMARTS) is 1. The van der Waals surface area contributed by atoms with Gasteiger partial charge in [0, 0.05) is 12.1 Å². The molecule has 1 aliphatic carbocycles. The van der Waals surface area contributed by atoms with E-state index in [2.05, 4.69) is 5.32 Å². The van der Waals surface area contributed by atoms with Crippen LogP contribution in [0.5, 0.6) is 0 Å². The lowest BCUT2D eigenvalue weighted by Gasteiger charge is -2.33. The molecule has 3 atom stereocenters. The van der Waals surface area contributed by atoms with Crippen LogP contribution < -0.4 is 5.32 Å². The topological polar surface area (TPSA) is 49.3 Å². The number of nitrogens with one attached hydrogen (secondary N) is 1. The first kappa shape index (κ1) is 9.00. The highest BCUT2D eigenvalue weighted by Gasteiger charge is 2.38. The molecule has 1 aliphatic heterocycles. The van der Waals surface area contributed by atoms with Gasteiger partial charge in [-0.25, -0.2) is 0 Å². The van der Waals surface area contributed by atoms with Gasteiger partial charge in [0.2, 0.25) is 0 Å². The molecule has 74 valence electrons. The van der Waals surface area contributed by atoms with Gasteiger partial charge in [-0.15, -0.1) is 0 Å². The number of piperidine rings is 1. The minimum atomic E-state index is -0.644. The van der Waals surface area contributed by atoms with Crippen LogP contribution in [0.4, 0.5) is 0 Å². The number of carbonyl (C=O) groups is 1. The van der Waals surface area contributed by atoms with E-state index in [9.17, 15) is 4.79 Å². The number of aliphatic carboxylic acids is 1. The van der Waals surface area contributed by atoms with E-state index in [1.54, 1.807) is 0 Å². The SMILES string of the molecule is CC1NC(C2CC2)CCC1C(=O)O. The molecule has 1 saturated heterocycles. The quantitative estimate of drug-likeness (QED) is 0.677. The fraction of sp³-hybridized carbons (Fsp3) is 0.900. The Morgan fingerprint density at radius 3 is 2.46 bits per heavy atom. The summed E-state index contributed by atoms with van der Waals surface area (Å²) in [4.78, 5) is 10.8. The van der Waals surface area contributed by atoms with E-state index in [1.165, 1.54) is 12.8 Å². The Morgan fingerprint density at radius 2 is 2.00 bits per heavy atom. The van der Waals surface area contributed by atoms with Crippen LogP contribution in [0, 0.1) is 11.8 Å². The average Bonchev–Trinajstić information content (AvgIpc) is 2.85. The lowest BCUT2D eigenvalue weighted by atomic mass is 9.87. The Kier molecular flexibility index (Phi) is 2.28. The summed E-state index contributed by atoms with van der Waals surface area (Å²) in [5.41, 5.74) is 0. The Labute approximate surface area is 78.5 Å². The van der Waals surface area contributed by atoms with Gasteiger partial charge in [0.05, 0.1) is 5.92 Å². The van der Waals surface area contributed by atoms with Crippen molar-refractivity contribution in [2.75, 3.05) is 0 Å². The molecule has 13 heavy (non-hydrogen) atoms. The van der Waals surface area contributed by atoms with Crippen LogP contribution in [0.3, 0.4) is 0 Å². The van der Waals surface area contributed by atoms with Gasteiger partial charge in [0.15, 0.2) is 0 Å². The minimum Gasteiger partial charge on any atom is -0.481 e. The zero-order chi connectivity index (χ0) is 9.42. The van der Waals surface area contributed by atoms with Crippen molar-refractivity contribution in [2.24, 2.45) is 11.8 Å². The molecule has 0 aromatic carbocycles. The van der Waals surface area contributed by atoms with E-state index < -0.39 is 5.97 Å². The minimum absolute atomic E-state index is 0.150. The molecule has 2 rings (SSSR count). The average molecular weight is 183 g/mol. The molecule has 2 aliphatic rings. The van der Waals surface area contributed by atoms with E-state index in [4.69, 9.17) is 5.11 Å². The van der Waals surface area contributed by atoms with Crippen LogP contribution >= 0.6 is 0 Å². The maximum absolute atomic E-state index is 10.8. The Hall–Kier alpha value is -0.570. The highest BCUT2D eigenvalue weighted by molar-refractivity contribution is 5.71. The molecule has 1 saturated carbocycles. The summed E-state index contributed by atoms with van der Waals surface area (Å²) in [6.07, 6.45) is 4.57. The van der Waals surface area contributed by atoms with Crippen LogP contribution in [-0.4, -0.2) is 23.2 Å². The molecule has 3 unspecified atom stereocenters. The molecular formula is C10H17NO2. The highest BCUT2D eigenvalue weighted by Crippen LogP contribution is 2.37. The van der Waals surface area contributed by atoms with Crippen molar-refractivity contribution in [1.82, 2.24) is 5.32 Å². The van der Waals surface area contributed by atoms with Crippen LogP contribution in [0.15, 0.2) is 0 Å². The first-order valence-electron chi connectivity index (χ1n) is 5.17. The lowest BCUT2D eigenvalue weighted by Crippen LogP contribution is -2.49. The van der Waals surface area contributed by atoms with Gasteiger partial charge in [-0.2, -0.15) is 0 Å². The molecule has 3 nitrogen and oxygen atoms in total. The Bertz CT molecular complexity index is 213. The second-order valence-corrected chi connectivity index (χ2v) is 4.42. The molecule has 2 N–H and O–H groups in total. The monoisotopic (exact) mass is 183 g/mol. The smallest absolute Gasteiger partial charge is 0.308 e. The molecule has 0 radical (unpaired) electrons. The number of carboxylic acids is 1. The van der Waals surface area contributed by atoms with Crippen molar-refractivity contribution in [2.45, 2.75) is 44.7 Å². The molecule has 0 bridgehead atoms. The predicted molar refractivity (Wildman–Crippen MR) is 49.5 cm³/mol. The molecule has 0 spiro atoms. The third-order valence-corrected chi connectivity index (χ3v) is 3.38. The van der Waals surface area contributed by atoms with Crippen molar-refractivity contribution in [3.05, 3.63) is 0 Å². The summed E-state index contributed by atoms with van der Waals surface area (Å²) in [5.74, 6) is 0.0291. The van der Waals surface area contributed by atoms with E-state index in [0.717, 1.165) is 18.8 Å². The summed E-state index contributed by atoms with van der Waals surface area (Å²) in [6.45, 7) is 1.99. The van der Waals surface area contributed by atoms with E-state index in [1.807, 2.05) is 6.92 Å². The Morgan fingerprint density at radius 1 is 1.31 bits per heavy atom. The molecule has 3 heteroatoms. The fourth-order valence-electron chi connectivity index (χ4n) is 2.35. The van der Waals surface area contributed by atoms with Gasteiger partial charge >= 0.3 is 5.97 Å². The maximum atomic E-state index is 10.8. The predicted octanol–water partition coefficient (Wildman–Crippen LogP) is 1.24. The third kappa shape index (κ3) is 1.85. The standard InChI is InChI=1S/C10H17NO2/c1-6-8(10(12)13)4-5-9(11-6)7-2-3-7/h6-9,11H,2-5H2,1H3,(H,12,13). The van der Waals surface area contributed by atoms with Crippen molar-refractivity contribution in [3.63, 3.8) is 0 Å². The van der Waals surface area contributed by atoms with Crippen molar-refractivity contribution in [3.8, 4) is 0 Å². The second kappa shape index (κ2) is 3.29. The fourth-order valence-corrected chi connectivity index (χ4v) is 2.35. The number of hydrogen-bond donors (Lipinski definition) is 2. The van der Waals surface area contributed by atoms with Crippen molar-refractivity contribution >= 4 is 5.97 Å². The maximum Gasteiger partial charge on any atom is 0.308 e. The number of rotatable bonds is 2. The van der Waals surface area contributed by atoms with E-state index >= 15 is 0 Å². The normalized spacial score (nSPS) is 40.2. The van der Waals surface area contributed by atoms with E-state index in [-0.39, 0.29) is 12.0 Å². The molecule has 0 aromatic rings. The summed E-state index contributed by atoms with van der Waals surface area (Å²) >= 11 is 0. The van der Waals surface area contributed by atoms with Crippen LogP contribution in [-0.2, 0) is 4.79 Å². The van der Waals surface area contributed by atoms with Gasteiger partial charge in [-0.3, -0.25) is 4.79 Å². The first-order chi connectivity index (χ1) is 6.18. The van der Waals surface area contributed by atoms with Crippen LogP contribution in [0.1, 0.15) is 32.6 Å². The largest absolute Gasteiger partial charge is 0.481 e. The van der Waals surface area contributed by atoms with E-state index in [0.29, 0.717) is 6.04 Å². The van der Waals surface area contributed by atoms with Gasteiger partial charge in [-0.1, -0.05) is 0 Å². The van der Waals surface area contributed by atoms with Crippen LogP contribution in [0.2, 0.25) is 0 Å². The highest BCUT2D eigenvalue weighted by atomic mass is 16.4. The summed E-state index contributed by atoms with van der Waals surface area (Å²) in [5, 5.41) is 12.3. The van der Waals surface area contributed by atoms with Crippen molar-refractivity contribution in [1.29, 1.82) is 0 Å². The summed E-state index contributed by atoms with van der Waals surface area (Å²) in [6, 6.07) is 0.752. The van der Waals surface area contributed by atoms with Gasteiger partial charge in [0.25, 0.3) is 0 Å². The van der Waals surface area contributed by atoms with Gasteiger partial charge < -0.3 is 10.4 Å². The summed E-state index contributed by atoms with van der Waals surface area (Å²) < 4.78 is 0. The molecule has 0 amide bonds. The first-order valence-corrected chi connectivity index (χ1v) is 5.17. The molecule has 2 fully saturated rings. The second-order valence-electron chi connectivity index (χ2n) is 4.42. The molecule has 0 aromatic heterocycles. The number of hydrogen-bond acceptors (Lipinski definition) is 2. The van der Waals surface area contributed by atoms with Crippen molar-refractivity contribution < 1.29 is 9.90 Å². The zero-order valence-corrected chi connectivity index (χ0v) is 7.99. The van der Waals surface area contributed by atoms with Crippen LogP contribution in [0.25, 0.3) is 0 Å². The Balaban J connectivity index is 1.90. The summed E-state index contributed by atoms with van der Waals surface area (Å²) in [7, 11) is 0. The third-order valence-electron chi connectivity index (χ3n) is 3.38. The zero-order valence-electron chi connectivity index (χ0n) is 7.99. The van der Waals surface area contributed by atoms with Gasteiger partial charge in [-0.05, 0) is 38.5 Å². The molecule has 1 heterocycles. The molecular weight excluding hydrogens is 166 g/mol.